The van der Waals surface area contributed by atoms with Gasteiger partial charge in [-0.1, -0.05) is 31.2 Å². The molecule has 2 nitrogen and oxygen atoms in total. The van der Waals surface area contributed by atoms with Gasteiger partial charge in [0.1, 0.15) is 0 Å². The minimum atomic E-state index is 0.631. The van der Waals surface area contributed by atoms with E-state index in [9.17, 15) is 0 Å². The molecule has 1 aromatic rings. The summed E-state index contributed by atoms with van der Waals surface area (Å²) in [5, 5.41) is 0. The molecule has 1 unspecified atom stereocenters. The van der Waals surface area contributed by atoms with Crippen LogP contribution < -0.4 is 5.73 Å². The third kappa shape index (κ3) is 2.63. The van der Waals surface area contributed by atoms with E-state index in [4.69, 9.17) is 10.5 Å². The first-order chi connectivity index (χ1) is 7.81. The van der Waals surface area contributed by atoms with E-state index < -0.39 is 0 Å². The summed E-state index contributed by atoms with van der Waals surface area (Å²) in [5.41, 5.74) is 8.25. The maximum absolute atomic E-state index is 5.60. The summed E-state index contributed by atoms with van der Waals surface area (Å²) in [6.07, 6.45) is 2.39. The molecule has 2 heteroatoms. The molecule has 1 aliphatic rings. The second-order valence-corrected chi connectivity index (χ2v) is 4.68. The Morgan fingerprint density at radius 2 is 1.88 bits per heavy atom. The van der Waals surface area contributed by atoms with Crippen LogP contribution in [0.3, 0.4) is 0 Å². The zero-order valence-corrected chi connectivity index (χ0v) is 9.99. The molecule has 1 saturated heterocycles. The largest absolute Gasteiger partial charge is 0.381 e. The Morgan fingerprint density at radius 3 is 2.44 bits per heavy atom. The third-order valence-electron chi connectivity index (χ3n) is 3.71. The maximum Gasteiger partial charge on any atom is 0.0468 e. The van der Waals surface area contributed by atoms with Crippen LogP contribution in [0.15, 0.2) is 24.3 Å². The number of nitrogens with two attached hydrogens (primary N) is 1. The van der Waals surface area contributed by atoms with E-state index in [1.54, 1.807) is 0 Å². The summed E-state index contributed by atoms with van der Waals surface area (Å²) >= 11 is 0. The minimum Gasteiger partial charge on any atom is -0.381 e. The molecule has 16 heavy (non-hydrogen) atoms. The van der Waals surface area contributed by atoms with Crippen LogP contribution in [-0.2, 0) is 11.3 Å². The highest BCUT2D eigenvalue weighted by Crippen LogP contribution is 2.31. The molecule has 1 aromatic carbocycles. The molecule has 1 atom stereocenters. The maximum atomic E-state index is 5.60. The highest BCUT2D eigenvalue weighted by atomic mass is 16.5. The molecule has 0 saturated carbocycles. The second-order valence-electron chi connectivity index (χ2n) is 4.68. The van der Waals surface area contributed by atoms with Crippen LogP contribution in [0, 0.1) is 5.92 Å². The van der Waals surface area contributed by atoms with Crippen LogP contribution in [-0.4, -0.2) is 13.2 Å². The SMILES string of the molecule is CC(c1ccc(CN)cc1)C1CCOCC1. The van der Waals surface area contributed by atoms with E-state index in [0.717, 1.165) is 19.1 Å². The predicted octanol–water partition coefficient (Wildman–Crippen LogP) is 2.68. The Labute approximate surface area is 97.8 Å². The van der Waals surface area contributed by atoms with Gasteiger partial charge in [-0.05, 0) is 35.8 Å². The minimum absolute atomic E-state index is 0.631. The van der Waals surface area contributed by atoms with Crippen LogP contribution in [0.5, 0.6) is 0 Å². The fraction of sp³-hybridized carbons (Fsp3) is 0.571. The fourth-order valence-corrected chi connectivity index (χ4v) is 2.45. The van der Waals surface area contributed by atoms with Gasteiger partial charge in [0.2, 0.25) is 0 Å². The van der Waals surface area contributed by atoms with Crippen LogP contribution in [0.4, 0.5) is 0 Å². The van der Waals surface area contributed by atoms with Gasteiger partial charge in [0, 0.05) is 19.8 Å². The molecule has 1 heterocycles. The normalized spacial score (nSPS) is 19.6. The van der Waals surface area contributed by atoms with Crippen molar-refractivity contribution in [2.75, 3.05) is 13.2 Å². The number of rotatable bonds is 3. The van der Waals surface area contributed by atoms with Crippen molar-refractivity contribution in [1.82, 2.24) is 0 Å². The fourth-order valence-electron chi connectivity index (χ4n) is 2.45. The first kappa shape index (κ1) is 11.6. The molecular weight excluding hydrogens is 198 g/mol. The van der Waals surface area contributed by atoms with Crippen LogP contribution in [0.25, 0.3) is 0 Å². The lowest BCUT2D eigenvalue weighted by atomic mass is 9.82. The molecule has 2 rings (SSSR count). The van der Waals surface area contributed by atoms with Gasteiger partial charge in [-0.25, -0.2) is 0 Å². The molecule has 0 spiro atoms. The molecule has 1 aliphatic heterocycles. The zero-order chi connectivity index (χ0) is 11.4. The molecule has 0 bridgehead atoms. The van der Waals surface area contributed by atoms with E-state index in [-0.39, 0.29) is 0 Å². The van der Waals surface area contributed by atoms with Gasteiger partial charge in [-0.15, -0.1) is 0 Å². The van der Waals surface area contributed by atoms with E-state index >= 15 is 0 Å². The summed E-state index contributed by atoms with van der Waals surface area (Å²) in [7, 11) is 0. The quantitative estimate of drug-likeness (QED) is 0.848. The molecular formula is C14H21NO. The van der Waals surface area contributed by atoms with Gasteiger partial charge in [0.05, 0.1) is 0 Å². The van der Waals surface area contributed by atoms with Crippen molar-refractivity contribution in [3.63, 3.8) is 0 Å². The van der Waals surface area contributed by atoms with Gasteiger partial charge in [-0.2, -0.15) is 0 Å². The lowest BCUT2D eigenvalue weighted by molar-refractivity contribution is 0.0596. The highest BCUT2D eigenvalue weighted by Gasteiger charge is 2.21. The Morgan fingerprint density at radius 1 is 1.25 bits per heavy atom. The average Bonchev–Trinajstić information content (AvgIpc) is 2.39. The summed E-state index contributed by atoms with van der Waals surface area (Å²) in [6.45, 7) is 4.81. The van der Waals surface area contributed by atoms with Crippen molar-refractivity contribution < 1.29 is 4.74 Å². The molecule has 0 aliphatic carbocycles. The van der Waals surface area contributed by atoms with Crippen molar-refractivity contribution >= 4 is 0 Å². The molecule has 0 radical (unpaired) electrons. The third-order valence-corrected chi connectivity index (χ3v) is 3.71. The van der Waals surface area contributed by atoms with E-state index in [1.165, 1.54) is 24.0 Å². The number of benzene rings is 1. The number of hydrogen-bond acceptors (Lipinski definition) is 2. The topological polar surface area (TPSA) is 35.2 Å². The van der Waals surface area contributed by atoms with Crippen LogP contribution in [0.2, 0.25) is 0 Å². The van der Waals surface area contributed by atoms with Gasteiger partial charge >= 0.3 is 0 Å². The zero-order valence-electron chi connectivity index (χ0n) is 9.99. The van der Waals surface area contributed by atoms with Crippen molar-refractivity contribution in [3.8, 4) is 0 Å². The lowest BCUT2D eigenvalue weighted by Gasteiger charge is -2.28. The Hall–Kier alpha value is -0.860. The molecule has 0 amide bonds. The Balaban J connectivity index is 2.04. The number of ether oxygens (including phenoxy) is 1. The standard InChI is InChI=1S/C14H21NO/c1-11(14-6-8-16-9-7-14)13-4-2-12(10-15)3-5-13/h2-5,11,14H,6-10,15H2,1H3. The van der Waals surface area contributed by atoms with Gasteiger partial charge in [-0.3, -0.25) is 0 Å². The molecule has 1 fully saturated rings. The Bertz CT molecular complexity index is 314. The van der Waals surface area contributed by atoms with E-state index in [0.29, 0.717) is 12.5 Å². The van der Waals surface area contributed by atoms with Gasteiger partial charge < -0.3 is 10.5 Å². The monoisotopic (exact) mass is 219 g/mol. The smallest absolute Gasteiger partial charge is 0.0468 e. The average molecular weight is 219 g/mol. The summed E-state index contributed by atoms with van der Waals surface area (Å²) < 4.78 is 5.41. The lowest BCUT2D eigenvalue weighted by Crippen LogP contribution is -2.20. The van der Waals surface area contributed by atoms with E-state index in [2.05, 4.69) is 31.2 Å². The summed E-state index contributed by atoms with van der Waals surface area (Å²) in [6, 6.07) is 8.74. The van der Waals surface area contributed by atoms with Crippen LogP contribution >= 0.6 is 0 Å². The van der Waals surface area contributed by atoms with Crippen molar-refractivity contribution in [2.24, 2.45) is 11.7 Å². The van der Waals surface area contributed by atoms with Crippen LogP contribution in [0.1, 0.15) is 36.8 Å². The molecule has 0 aromatic heterocycles. The van der Waals surface area contributed by atoms with E-state index in [1.807, 2.05) is 0 Å². The highest BCUT2D eigenvalue weighted by molar-refractivity contribution is 5.25. The molecule has 88 valence electrons. The second kappa shape index (κ2) is 5.46. The van der Waals surface area contributed by atoms with Crippen molar-refractivity contribution in [1.29, 1.82) is 0 Å². The van der Waals surface area contributed by atoms with Gasteiger partial charge in [0.25, 0.3) is 0 Å². The van der Waals surface area contributed by atoms with Crippen molar-refractivity contribution in [3.05, 3.63) is 35.4 Å². The van der Waals surface area contributed by atoms with Crippen molar-refractivity contribution in [2.45, 2.75) is 32.2 Å². The molecule has 2 N–H and O–H groups in total. The summed E-state index contributed by atoms with van der Waals surface area (Å²) in [4.78, 5) is 0. The number of hydrogen-bond donors (Lipinski definition) is 1. The van der Waals surface area contributed by atoms with Gasteiger partial charge in [0.15, 0.2) is 0 Å². The first-order valence-electron chi connectivity index (χ1n) is 6.18. The first-order valence-corrected chi connectivity index (χ1v) is 6.18. The predicted molar refractivity (Wildman–Crippen MR) is 66.3 cm³/mol. The Kier molecular flexibility index (Phi) is 3.97. The summed E-state index contributed by atoms with van der Waals surface area (Å²) in [5.74, 6) is 1.41.